The van der Waals surface area contributed by atoms with Crippen LogP contribution in [0.15, 0.2) is 18.5 Å². The van der Waals surface area contributed by atoms with Crippen molar-refractivity contribution in [3.05, 3.63) is 29.8 Å². The molecule has 3 rings (SSSR count). The Labute approximate surface area is 113 Å². The van der Waals surface area contributed by atoms with Gasteiger partial charge in [0.1, 0.15) is 5.82 Å². The molecule has 0 aliphatic carbocycles. The molecule has 1 N–H and O–H groups in total. The average Bonchev–Trinajstić information content (AvgIpc) is 2.90. The van der Waals surface area contributed by atoms with Crippen LogP contribution in [-0.2, 0) is 6.54 Å². The monoisotopic (exact) mass is 271 g/mol. The minimum atomic E-state index is -0.237. The van der Waals surface area contributed by atoms with Crippen LogP contribution in [0.4, 0.5) is 4.39 Å². The van der Waals surface area contributed by atoms with E-state index in [0.717, 1.165) is 38.3 Å². The molecule has 3 heterocycles. The van der Waals surface area contributed by atoms with E-state index in [2.05, 4.69) is 15.2 Å². The lowest BCUT2D eigenvalue weighted by Gasteiger charge is -2.22. The third kappa shape index (κ3) is 2.82. The molecule has 2 fully saturated rings. The summed E-state index contributed by atoms with van der Waals surface area (Å²) in [5.41, 5.74) is 1.47. The lowest BCUT2D eigenvalue weighted by Crippen LogP contribution is -2.29. The van der Waals surface area contributed by atoms with Crippen molar-refractivity contribution in [2.75, 3.05) is 26.2 Å². The number of nitrogens with zero attached hydrogens (tertiary/aromatic N) is 2. The van der Waals surface area contributed by atoms with Crippen molar-refractivity contribution in [1.82, 2.24) is 15.2 Å². The van der Waals surface area contributed by atoms with Crippen LogP contribution in [-0.4, -0.2) is 36.1 Å². The van der Waals surface area contributed by atoms with Crippen LogP contribution < -0.4 is 5.32 Å². The highest BCUT2D eigenvalue weighted by atomic mass is 35.5. The first-order chi connectivity index (χ1) is 8.26. The SMILES string of the molecule is Cl.Fc1cncc(CN2CCC3(CCNC3)C2)c1. The molecule has 0 aromatic carbocycles. The van der Waals surface area contributed by atoms with Gasteiger partial charge in [-0.05, 0) is 43.0 Å². The van der Waals surface area contributed by atoms with Crippen LogP contribution in [0.25, 0.3) is 0 Å². The average molecular weight is 272 g/mol. The molecule has 1 atom stereocenters. The molecule has 2 saturated heterocycles. The number of hydrogen-bond donors (Lipinski definition) is 1. The van der Waals surface area contributed by atoms with Crippen molar-refractivity contribution in [2.45, 2.75) is 19.4 Å². The van der Waals surface area contributed by atoms with E-state index in [-0.39, 0.29) is 18.2 Å². The molecular formula is C13H19ClFN3. The first-order valence-electron chi connectivity index (χ1n) is 6.28. The third-order valence-corrected chi connectivity index (χ3v) is 4.02. The summed E-state index contributed by atoms with van der Waals surface area (Å²) in [4.78, 5) is 6.32. The maximum Gasteiger partial charge on any atom is 0.141 e. The Kier molecular flexibility index (Phi) is 4.20. The fourth-order valence-corrected chi connectivity index (χ4v) is 3.11. The zero-order valence-corrected chi connectivity index (χ0v) is 11.2. The second kappa shape index (κ2) is 5.51. The second-order valence-electron chi connectivity index (χ2n) is 5.40. The van der Waals surface area contributed by atoms with E-state index in [1.807, 2.05) is 0 Å². The van der Waals surface area contributed by atoms with Crippen molar-refractivity contribution in [3.8, 4) is 0 Å². The van der Waals surface area contributed by atoms with Crippen molar-refractivity contribution >= 4 is 12.4 Å². The van der Waals surface area contributed by atoms with Crippen molar-refractivity contribution in [1.29, 1.82) is 0 Å². The predicted molar refractivity (Wildman–Crippen MR) is 71.3 cm³/mol. The normalized spacial score (nSPS) is 27.6. The molecule has 0 bridgehead atoms. The number of halogens is 2. The zero-order valence-electron chi connectivity index (χ0n) is 10.4. The third-order valence-electron chi connectivity index (χ3n) is 4.02. The molecule has 100 valence electrons. The maximum absolute atomic E-state index is 13.0. The molecule has 0 radical (unpaired) electrons. The molecule has 0 amide bonds. The number of hydrogen-bond acceptors (Lipinski definition) is 3. The Morgan fingerprint density at radius 2 is 2.28 bits per heavy atom. The lowest BCUT2D eigenvalue weighted by molar-refractivity contribution is 0.268. The Hall–Kier alpha value is -0.710. The van der Waals surface area contributed by atoms with Crippen LogP contribution in [0.2, 0.25) is 0 Å². The molecule has 1 spiro atoms. The van der Waals surface area contributed by atoms with Gasteiger partial charge in [-0.1, -0.05) is 0 Å². The first-order valence-corrected chi connectivity index (χ1v) is 6.28. The highest BCUT2D eigenvalue weighted by molar-refractivity contribution is 5.85. The van der Waals surface area contributed by atoms with Crippen molar-refractivity contribution < 1.29 is 4.39 Å². The lowest BCUT2D eigenvalue weighted by atomic mass is 9.87. The topological polar surface area (TPSA) is 28.2 Å². The van der Waals surface area contributed by atoms with Gasteiger partial charge in [0.05, 0.1) is 6.20 Å². The summed E-state index contributed by atoms with van der Waals surface area (Å²) in [5.74, 6) is -0.237. The Balaban J connectivity index is 0.00000120. The van der Waals surface area contributed by atoms with E-state index in [9.17, 15) is 4.39 Å². The first kappa shape index (κ1) is 13.7. The molecule has 5 heteroatoms. The molecular weight excluding hydrogens is 253 g/mol. The molecule has 2 aliphatic rings. The van der Waals surface area contributed by atoms with E-state index in [0.29, 0.717) is 5.41 Å². The van der Waals surface area contributed by atoms with Crippen LogP contribution in [0.5, 0.6) is 0 Å². The quantitative estimate of drug-likeness (QED) is 0.890. The van der Waals surface area contributed by atoms with Gasteiger partial charge in [0.2, 0.25) is 0 Å². The van der Waals surface area contributed by atoms with Crippen LogP contribution in [0.3, 0.4) is 0 Å². The largest absolute Gasteiger partial charge is 0.316 e. The summed E-state index contributed by atoms with van der Waals surface area (Å²) < 4.78 is 13.0. The van der Waals surface area contributed by atoms with Gasteiger partial charge in [-0.15, -0.1) is 12.4 Å². The molecule has 0 saturated carbocycles. The standard InChI is InChI=1S/C13H18FN3.ClH/c14-12-5-11(6-16-7-12)8-17-4-2-13(10-17)1-3-15-9-13;/h5-7,15H,1-4,8-10H2;1H. The predicted octanol–water partition coefficient (Wildman–Crippen LogP) is 1.83. The van der Waals surface area contributed by atoms with Gasteiger partial charge >= 0.3 is 0 Å². The molecule has 1 unspecified atom stereocenters. The summed E-state index contributed by atoms with van der Waals surface area (Å²) >= 11 is 0. The van der Waals surface area contributed by atoms with Gasteiger partial charge in [-0.25, -0.2) is 4.39 Å². The van der Waals surface area contributed by atoms with E-state index in [1.54, 1.807) is 12.3 Å². The van der Waals surface area contributed by atoms with Crippen LogP contribution in [0.1, 0.15) is 18.4 Å². The van der Waals surface area contributed by atoms with E-state index in [4.69, 9.17) is 0 Å². The number of aromatic nitrogens is 1. The Bertz CT molecular complexity index is 407. The molecule has 1 aromatic heterocycles. The number of pyridine rings is 1. The van der Waals surface area contributed by atoms with Gasteiger partial charge < -0.3 is 5.32 Å². The van der Waals surface area contributed by atoms with Crippen LogP contribution >= 0.6 is 12.4 Å². The fraction of sp³-hybridized carbons (Fsp3) is 0.615. The van der Waals surface area contributed by atoms with Crippen molar-refractivity contribution in [2.24, 2.45) is 5.41 Å². The summed E-state index contributed by atoms with van der Waals surface area (Å²) in [6.07, 6.45) is 5.57. The van der Waals surface area contributed by atoms with Gasteiger partial charge in [-0.2, -0.15) is 0 Å². The summed E-state index contributed by atoms with van der Waals surface area (Å²) in [6, 6.07) is 1.59. The van der Waals surface area contributed by atoms with E-state index in [1.165, 1.54) is 19.0 Å². The van der Waals surface area contributed by atoms with Gasteiger partial charge in [-0.3, -0.25) is 9.88 Å². The van der Waals surface area contributed by atoms with Crippen molar-refractivity contribution in [3.63, 3.8) is 0 Å². The van der Waals surface area contributed by atoms with E-state index >= 15 is 0 Å². The summed E-state index contributed by atoms with van der Waals surface area (Å²) in [6.45, 7) is 5.38. The number of likely N-dealkylation sites (tertiary alicyclic amines) is 1. The molecule has 2 aliphatic heterocycles. The Morgan fingerprint density at radius 1 is 1.39 bits per heavy atom. The van der Waals surface area contributed by atoms with E-state index < -0.39 is 0 Å². The highest BCUT2D eigenvalue weighted by Gasteiger charge is 2.39. The number of rotatable bonds is 2. The second-order valence-corrected chi connectivity index (χ2v) is 5.40. The number of nitrogens with one attached hydrogen (secondary N) is 1. The summed E-state index contributed by atoms with van der Waals surface area (Å²) in [7, 11) is 0. The maximum atomic E-state index is 13.0. The smallest absolute Gasteiger partial charge is 0.141 e. The highest BCUT2D eigenvalue weighted by Crippen LogP contribution is 2.36. The molecule has 18 heavy (non-hydrogen) atoms. The zero-order chi connectivity index (χ0) is 11.7. The van der Waals surface area contributed by atoms with Crippen LogP contribution in [0, 0.1) is 11.2 Å². The van der Waals surface area contributed by atoms with Gasteiger partial charge in [0.15, 0.2) is 0 Å². The fourth-order valence-electron chi connectivity index (χ4n) is 3.11. The minimum absolute atomic E-state index is 0. The molecule has 3 nitrogen and oxygen atoms in total. The van der Waals surface area contributed by atoms with Gasteiger partial charge in [0, 0.05) is 25.8 Å². The Morgan fingerprint density at radius 3 is 3.00 bits per heavy atom. The van der Waals surface area contributed by atoms with Gasteiger partial charge in [0.25, 0.3) is 0 Å². The summed E-state index contributed by atoms with van der Waals surface area (Å²) in [5, 5.41) is 3.45. The minimum Gasteiger partial charge on any atom is -0.316 e. The molecule has 1 aromatic rings.